The lowest BCUT2D eigenvalue weighted by Crippen LogP contribution is -2.14. The molecule has 0 radical (unpaired) electrons. The number of phenols is 2. The number of methoxy groups -OCH3 is 2. The van der Waals surface area contributed by atoms with Crippen LogP contribution in [-0.2, 0) is 22.4 Å². The first-order valence-corrected chi connectivity index (χ1v) is 12.0. The molecule has 0 saturated carbocycles. The fourth-order valence-electron chi connectivity index (χ4n) is 4.23. The summed E-state index contributed by atoms with van der Waals surface area (Å²) in [6.45, 7) is 0. The Bertz CT molecular complexity index is 1390. The molecule has 0 atom stereocenters. The maximum absolute atomic E-state index is 13.4. The van der Waals surface area contributed by atoms with Crippen molar-refractivity contribution in [3.8, 4) is 23.0 Å². The Morgan fingerprint density at radius 2 is 1.35 bits per heavy atom. The number of carbonyl (C=O) groups excluding carboxylic acids is 2. The van der Waals surface area contributed by atoms with Crippen molar-refractivity contribution in [3.63, 3.8) is 0 Å². The minimum atomic E-state index is -0.259. The number of carbonyl (C=O) groups is 2. The molecule has 0 fully saturated rings. The molecule has 3 aromatic carbocycles. The molecule has 0 bridgehead atoms. The molecule has 1 aromatic heterocycles. The third-order valence-electron chi connectivity index (χ3n) is 6.29. The van der Waals surface area contributed by atoms with E-state index in [1.54, 1.807) is 36.5 Å². The number of aromatic nitrogens is 1. The van der Waals surface area contributed by atoms with Crippen LogP contribution in [0.4, 0.5) is 0 Å². The third kappa shape index (κ3) is 6.01. The van der Waals surface area contributed by atoms with E-state index in [1.807, 2.05) is 24.3 Å². The molecule has 3 N–H and O–H groups in total. The summed E-state index contributed by atoms with van der Waals surface area (Å²) in [6.07, 6.45) is 4.49. The number of aromatic hydroxyl groups is 2. The van der Waals surface area contributed by atoms with Gasteiger partial charge in [0, 0.05) is 35.5 Å². The predicted molar refractivity (Wildman–Crippen MR) is 142 cm³/mol. The fourth-order valence-corrected chi connectivity index (χ4v) is 4.23. The summed E-state index contributed by atoms with van der Waals surface area (Å²) in [5.74, 6) is 0.202. The van der Waals surface area contributed by atoms with E-state index in [0.717, 1.165) is 27.6 Å². The number of rotatable bonds is 11. The number of aryl methyl sites for hydroxylation is 2. The van der Waals surface area contributed by atoms with Crippen LogP contribution in [0, 0.1) is 0 Å². The van der Waals surface area contributed by atoms with E-state index in [1.165, 1.54) is 26.4 Å². The molecular weight excluding hydrogens is 470 g/mol. The normalized spacial score (nSPS) is 10.8. The van der Waals surface area contributed by atoms with Crippen LogP contribution < -0.4 is 9.47 Å². The number of benzene rings is 3. The van der Waals surface area contributed by atoms with Gasteiger partial charge >= 0.3 is 0 Å². The third-order valence-corrected chi connectivity index (χ3v) is 6.29. The fraction of sp³-hybridized carbons (Fsp3) is 0.200. The van der Waals surface area contributed by atoms with Crippen molar-refractivity contribution < 1.29 is 29.3 Å². The van der Waals surface area contributed by atoms with Crippen LogP contribution in [0.2, 0.25) is 0 Å². The van der Waals surface area contributed by atoms with Gasteiger partial charge in [-0.05, 0) is 60.4 Å². The second kappa shape index (κ2) is 11.5. The molecular formula is C30H29NO6. The number of fused-ring (bicyclic) bond motifs is 1. The van der Waals surface area contributed by atoms with Gasteiger partial charge < -0.3 is 24.7 Å². The summed E-state index contributed by atoms with van der Waals surface area (Å²) in [5, 5.41) is 20.6. The molecule has 0 aliphatic rings. The van der Waals surface area contributed by atoms with Gasteiger partial charge in [-0.1, -0.05) is 30.3 Å². The monoisotopic (exact) mass is 499 g/mol. The quantitative estimate of drug-likeness (QED) is 0.145. The van der Waals surface area contributed by atoms with Gasteiger partial charge in [-0.3, -0.25) is 9.59 Å². The highest BCUT2D eigenvalue weighted by atomic mass is 16.5. The number of ketones is 2. The minimum absolute atomic E-state index is 0.0264. The van der Waals surface area contributed by atoms with Crippen LogP contribution >= 0.6 is 0 Å². The standard InChI is InChI=1S/C30H29NO6/c1-36-29-15-19(9-13-27(29)34)7-11-25(32)23(17-21-18-31-24-6-4-3-5-22(21)24)26(33)12-8-20-10-14-28(35)30(16-20)37-2/h3-6,9-10,13-18,31,34-35H,7-8,11-12H2,1-2H3. The molecule has 0 aliphatic heterocycles. The Kier molecular flexibility index (Phi) is 7.93. The Balaban J connectivity index is 1.57. The average molecular weight is 500 g/mol. The number of para-hydroxylation sites is 1. The zero-order valence-corrected chi connectivity index (χ0v) is 20.8. The topological polar surface area (TPSA) is 109 Å². The second-order valence-corrected chi connectivity index (χ2v) is 8.71. The van der Waals surface area contributed by atoms with E-state index in [-0.39, 0.29) is 41.5 Å². The summed E-state index contributed by atoms with van der Waals surface area (Å²) < 4.78 is 10.3. The van der Waals surface area contributed by atoms with Crippen LogP contribution in [0.25, 0.3) is 17.0 Å². The second-order valence-electron chi connectivity index (χ2n) is 8.71. The van der Waals surface area contributed by atoms with Crippen molar-refractivity contribution in [1.29, 1.82) is 0 Å². The van der Waals surface area contributed by atoms with Crippen molar-refractivity contribution in [3.05, 3.63) is 89.1 Å². The highest BCUT2D eigenvalue weighted by Gasteiger charge is 2.20. The number of phenolic OH excluding ortho intramolecular Hbond substituents is 2. The number of ether oxygens (including phenoxy) is 2. The Morgan fingerprint density at radius 1 is 0.811 bits per heavy atom. The SMILES string of the molecule is COc1cc(CCC(=O)C(=Cc2c[nH]c3ccccc23)C(=O)CCc2ccc(O)c(OC)c2)ccc1O. The Labute approximate surface area is 215 Å². The molecule has 190 valence electrons. The van der Waals surface area contributed by atoms with E-state index in [4.69, 9.17) is 9.47 Å². The number of Topliss-reactive ketones (excluding diaryl/α,β-unsaturated/α-hetero) is 2. The molecule has 7 heteroatoms. The maximum atomic E-state index is 13.4. The van der Waals surface area contributed by atoms with Gasteiger partial charge in [-0.15, -0.1) is 0 Å². The van der Waals surface area contributed by atoms with Gasteiger partial charge in [0.05, 0.1) is 19.8 Å². The molecule has 4 rings (SSSR count). The van der Waals surface area contributed by atoms with Gasteiger partial charge in [0.1, 0.15) is 0 Å². The molecule has 0 amide bonds. The first-order valence-electron chi connectivity index (χ1n) is 12.0. The highest BCUT2D eigenvalue weighted by Crippen LogP contribution is 2.29. The average Bonchev–Trinajstić information content (AvgIpc) is 3.33. The molecule has 0 unspecified atom stereocenters. The van der Waals surface area contributed by atoms with Gasteiger partial charge in [-0.2, -0.15) is 0 Å². The predicted octanol–water partition coefficient (Wildman–Crippen LogP) is 5.38. The number of nitrogens with one attached hydrogen (secondary N) is 1. The van der Waals surface area contributed by atoms with Crippen molar-refractivity contribution in [1.82, 2.24) is 4.98 Å². The van der Waals surface area contributed by atoms with Crippen LogP contribution in [-0.4, -0.2) is 41.0 Å². The van der Waals surface area contributed by atoms with Crippen LogP contribution in [0.15, 0.2) is 72.4 Å². The molecule has 1 heterocycles. The van der Waals surface area contributed by atoms with E-state index in [0.29, 0.717) is 24.3 Å². The number of allylic oxidation sites excluding steroid dienone is 1. The molecule has 4 aromatic rings. The zero-order chi connectivity index (χ0) is 26.4. The summed E-state index contributed by atoms with van der Waals surface area (Å²) >= 11 is 0. The number of hydrogen-bond donors (Lipinski definition) is 3. The summed E-state index contributed by atoms with van der Waals surface area (Å²) in [4.78, 5) is 29.9. The number of aromatic amines is 1. The lowest BCUT2D eigenvalue weighted by molar-refractivity contribution is -0.121. The van der Waals surface area contributed by atoms with E-state index in [9.17, 15) is 19.8 Å². The molecule has 0 spiro atoms. The molecule has 7 nitrogen and oxygen atoms in total. The van der Waals surface area contributed by atoms with E-state index in [2.05, 4.69) is 4.98 Å². The first kappa shape index (κ1) is 25.6. The number of hydrogen-bond acceptors (Lipinski definition) is 6. The first-order chi connectivity index (χ1) is 17.9. The smallest absolute Gasteiger partial charge is 0.166 e. The van der Waals surface area contributed by atoms with E-state index >= 15 is 0 Å². The molecule has 0 aliphatic carbocycles. The van der Waals surface area contributed by atoms with Crippen LogP contribution in [0.5, 0.6) is 23.0 Å². The Morgan fingerprint density at radius 3 is 1.89 bits per heavy atom. The van der Waals surface area contributed by atoms with Gasteiger partial charge in [0.15, 0.2) is 34.6 Å². The summed E-state index contributed by atoms with van der Waals surface area (Å²) in [7, 11) is 2.93. The van der Waals surface area contributed by atoms with Crippen LogP contribution in [0.1, 0.15) is 29.5 Å². The van der Waals surface area contributed by atoms with Crippen molar-refractivity contribution in [2.45, 2.75) is 25.7 Å². The van der Waals surface area contributed by atoms with Crippen molar-refractivity contribution in [2.75, 3.05) is 14.2 Å². The van der Waals surface area contributed by atoms with E-state index < -0.39 is 0 Å². The van der Waals surface area contributed by atoms with Crippen molar-refractivity contribution >= 4 is 28.5 Å². The largest absolute Gasteiger partial charge is 0.504 e. The Hall–Kier alpha value is -4.52. The maximum Gasteiger partial charge on any atom is 0.166 e. The van der Waals surface area contributed by atoms with Crippen molar-refractivity contribution in [2.24, 2.45) is 0 Å². The van der Waals surface area contributed by atoms with Crippen LogP contribution in [0.3, 0.4) is 0 Å². The molecule has 37 heavy (non-hydrogen) atoms. The zero-order valence-electron chi connectivity index (χ0n) is 20.8. The highest BCUT2D eigenvalue weighted by molar-refractivity contribution is 6.23. The summed E-state index contributed by atoms with van der Waals surface area (Å²) in [5.41, 5.74) is 3.46. The minimum Gasteiger partial charge on any atom is -0.504 e. The summed E-state index contributed by atoms with van der Waals surface area (Å²) in [6, 6.07) is 17.6. The lowest BCUT2D eigenvalue weighted by atomic mass is 9.94. The van der Waals surface area contributed by atoms with Gasteiger partial charge in [-0.25, -0.2) is 0 Å². The lowest BCUT2D eigenvalue weighted by Gasteiger charge is -2.10. The number of H-pyrrole nitrogens is 1. The van der Waals surface area contributed by atoms with Gasteiger partial charge in [0.25, 0.3) is 0 Å². The van der Waals surface area contributed by atoms with Gasteiger partial charge in [0.2, 0.25) is 0 Å². The molecule has 0 saturated heterocycles.